The van der Waals surface area contributed by atoms with Gasteiger partial charge in [-0.05, 0) is 76.3 Å². The van der Waals surface area contributed by atoms with Gasteiger partial charge in [0.1, 0.15) is 29.3 Å². The average Bonchev–Trinajstić information content (AvgIpc) is 3.08. The number of hydrogen-bond acceptors (Lipinski definition) is 6. The summed E-state index contributed by atoms with van der Waals surface area (Å²) in [5.74, 6) is -1.59. The third-order valence-electron chi connectivity index (χ3n) is 8.12. The summed E-state index contributed by atoms with van der Waals surface area (Å²) < 4.78 is 11.4. The summed E-state index contributed by atoms with van der Waals surface area (Å²) in [6.07, 6.45) is 4.66. The number of unbranched alkanes of at least 4 members (excludes halogenated alkanes) is 3. The Bertz CT molecular complexity index is 1610. The van der Waals surface area contributed by atoms with Crippen molar-refractivity contribution in [2.24, 2.45) is 0 Å². The van der Waals surface area contributed by atoms with Crippen LogP contribution in [0.1, 0.15) is 102 Å². The van der Waals surface area contributed by atoms with Crippen molar-refractivity contribution in [2.45, 2.75) is 116 Å². The molecule has 0 bridgehead atoms. The Hall–Kier alpha value is -4.92. The molecule has 0 saturated carbocycles. The first-order valence-corrected chi connectivity index (χ1v) is 18.2. The number of benzene rings is 3. The van der Waals surface area contributed by atoms with Gasteiger partial charge in [0.05, 0.1) is 0 Å². The summed E-state index contributed by atoms with van der Waals surface area (Å²) in [7, 11) is 0. The minimum Gasteiger partial charge on any atom is -0.458 e. The average molecular weight is 712 g/mol. The van der Waals surface area contributed by atoms with E-state index in [1.807, 2.05) is 78.9 Å². The first-order valence-electron chi connectivity index (χ1n) is 18.2. The smallest absolute Gasteiger partial charge is 0.408 e. The summed E-state index contributed by atoms with van der Waals surface area (Å²) in [6, 6.07) is 22.8. The van der Waals surface area contributed by atoms with E-state index in [1.165, 1.54) is 4.90 Å². The molecule has 0 saturated heterocycles. The van der Waals surface area contributed by atoms with Gasteiger partial charge in [-0.15, -0.1) is 0 Å². The van der Waals surface area contributed by atoms with Crippen molar-refractivity contribution in [1.82, 2.24) is 15.5 Å². The standard InChI is InChI=1S/C43H57N3O6/c1-9-11-12-19-27-46(39(48)35(29-32-21-15-13-16-22-32)45-41(50)52-43(6,7)8)37(34-26-20-25-31(10-2)28-34)38(47)44-36(40(49)51-42(3,4)5)30-33-23-17-14-18-24-33/h10,13-18,20-26,28,35-37H,2,9,11-12,19,27,29-30H2,1,3-8H3,(H,44,47)(H,45,50). The molecular formula is C43H57N3O6. The van der Waals surface area contributed by atoms with E-state index < -0.39 is 53.2 Å². The van der Waals surface area contributed by atoms with E-state index in [4.69, 9.17) is 9.47 Å². The monoisotopic (exact) mass is 711 g/mol. The molecule has 3 amide bonds. The third kappa shape index (κ3) is 14.0. The molecule has 0 aliphatic carbocycles. The van der Waals surface area contributed by atoms with Crippen LogP contribution in [-0.4, -0.2) is 58.6 Å². The van der Waals surface area contributed by atoms with E-state index in [0.29, 0.717) is 12.0 Å². The zero-order valence-electron chi connectivity index (χ0n) is 31.9. The second kappa shape index (κ2) is 19.6. The molecule has 3 unspecified atom stereocenters. The van der Waals surface area contributed by atoms with Crippen LogP contribution in [0, 0.1) is 0 Å². The largest absolute Gasteiger partial charge is 0.458 e. The number of alkyl carbamates (subject to hydrolysis) is 1. The highest BCUT2D eigenvalue weighted by Crippen LogP contribution is 2.26. The molecule has 0 heterocycles. The number of esters is 1. The highest BCUT2D eigenvalue weighted by atomic mass is 16.6. The minimum atomic E-state index is -1.16. The van der Waals surface area contributed by atoms with Crippen LogP contribution in [0.4, 0.5) is 4.79 Å². The fraction of sp³-hybridized carbons (Fsp3) is 0.442. The maximum absolute atomic E-state index is 14.9. The molecule has 2 N–H and O–H groups in total. The summed E-state index contributed by atoms with van der Waals surface area (Å²) in [6.45, 7) is 16.8. The van der Waals surface area contributed by atoms with Gasteiger partial charge < -0.3 is 25.0 Å². The summed E-state index contributed by atoms with van der Waals surface area (Å²) in [4.78, 5) is 58.1. The van der Waals surface area contributed by atoms with Gasteiger partial charge >= 0.3 is 12.1 Å². The van der Waals surface area contributed by atoms with Crippen molar-refractivity contribution >= 4 is 30.0 Å². The fourth-order valence-electron chi connectivity index (χ4n) is 5.77. The lowest BCUT2D eigenvalue weighted by molar-refractivity contribution is -0.159. The Kier molecular flexibility index (Phi) is 15.7. The first-order chi connectivity index (χ1) is 24.6. The highest BCUT2D eigenvalue weighted by Gasteiger charge is 2.38. The lowest BCUT2D eigenvalue weighted by Crippen LogP contribution is -2.55. The van der Waals surface area contributed by atoms with Gasteiger partial charge in [0.15, 0.2) is 0 Å². The molecule has 0 spiro atoms. The zero-order chi connectivity index (χ0) is 38.3. The van der Waals surface area contributed by atoms with Crippen LogP contribution in [-0.2, 0) is 36.7 Å². The quantitative estimate of drug-likeness (QED) is 0.108. The normalized spacial score (nSPS) is 13.2. The van der Waals surface area contributed by atoms with Gasteiger partial charge in [-0.25, -0.2) is 9.59 Å². The van der Waals surface area contributed by atoms with Crippen molar-refractivity contribution in [2.75, 3.05) is 6.54 Å². The molecule has 52 heavy (non-hydrogen) atoms. The van der Waals surface area contributed by atoms with Crippen LogP contribution in [0.25, 0.3) is 6.08 Å². The SMILES string of the molecule is C=Cc1cccc(C(C(=O)NC(Cc2ccccc2)C(=O)OC(C)(C)C)N(CCCCCC)C(=O)C(Cc2ccccc2)NC(=O)OC(C)(C)C)c1. The molecule has 3 rings (SSSR count). The molecule has 9 heteroatoms. The Morgan fingerprint density at radius 2 is 1.31 bits per heavy atom. The summed E-state index contributed by atoms with van der Waals surface area (Å²) in [5, 5.41) is 5.79. The van der Waals surface area contributed by atoms with Crippen LogP contribution in [0.3, 0.4) is 0 Å². The van der Waals surface area contributed by atoms with Crippen molar-refractivity contribution in [3.63, 3.8) is 0 Å². The fourth-order valence-corrected chi connectivity index (χ4v) is 5.77. The van der Waals surface area contributed by atoms with Gasteiger partial charge in [0.2, 0.25) is 11.8 Å². The minimum absolute atomic E-state index is 0.167. The predicted octanol–water partition coefficient (Wildman–Crippen LogP) is 7.98. The maximum atomic E-state index is 14.9. The number of carbonyl (C=O) groups excluding carboxylic acids is 4. The molecule has 3 atom stereocenters. The number of nitrogens with one attached hydrogen (secondary N) is 2. The summed E-state index contributed by atoms with van der Waals surface area (Å²) >= 11 is 0. The van der Waals surface area contributed by atoms with E-state index in [9.17, 15) is 19.2 Å². The van der Waals surface area contributed by atoms with Gasteiger partial charge in [-0.1, -0.05) is 118 Å². The van der Waals surface area contributed by atoms with Crippen LogP contribution < -0.4 is 10.6 Å². The third-order valence-corrected chi connectivity index (χ3v) is 8.12. The molecular weight excluding hydrogens is 654 g/mol. The molecule has 280 valence electrons. The Balaban J connectivity index is 2.14. The second-order valence-electron chi connectivity index (χ2n) is 15.0. The van der Waals surface area contributed by atoms with E-state index in [2.05, 4.69) is 24.1 Å². The Morgan fingerprint density at radius 3 is 1.85 bits per heavy atom. The molecule has 3 aromatic carbocycles. The van der Waals surface area contributed by atoms with Crippen molar-refractivity contribution in [1.29, 1.82) is 0 Å². The molecule has 0 aliphatic rings. The Morgan fingerprint density at radius 1 is 0.731 bits per heavy atom. The van der Waals surface area contributed by atoms with Crippen molar-refractivity contribution < 1.29 is 28.7 Å². The summed E-state index contributed by atoms with van der Waals surface area (Å²) in [5.41, 5.74) is 1.36. The van der Waals surface area contributed by atoms with Crippen molar-refractivity contribution in [3.8, 4) is 0 Å². The van der Waals surface area contributed by atoms with Crippen molar-refractivity contribution in [3.05, 3.63) is 114 Å². The number of amides is 3. The van der Waals surface area contributed by atoms with Crippen LogP contribution >= 0.6 is 0 Å². The Labute approximate surface area is 310 Å². The number of nitrogens with zero attached hydrogens (tertiary/aromatic N) is 1. The van der Waals surface area contributed by atoms with Gasteiger partial charge in [-0.3, -0.25) is 9.59 Å². The molecule has 3 aromatic rings. The number of carbonyl (C=O) groups is 4. The van der Waals surface area contributed by atoms with E-state index in [0.717, 1.165) is 36.0 Å². The number of ether oxygens (including phenoxy) is 2. The van der Waals surface area contributed by atoms with Gasteiger partial charge in [-0.2, -0.15) is 0 Å². The predicted molar refractivity (Wildman–Crippen MR) is 206 cm³/mol. The van der Waals surface area contributed by atoms with E-state index >= 15 is 0 Å². The highest BCUT2D eigenvalue weighted by molar-refractivity contribution is 5.94. The second-order valence-corrected chi connectivity index (χ2v) is 15.0. The van der Waals surface area contributed by atoms with E-state index in [1.54, 1.807) is 53.7 Å². The van der Waals surface area contributed by atoms with Crippen LogP contribution in [0.15, 0.2) is 91.5 Å². The lowest BCUT2D eigenvalue weighted by Gasteiger charge is -2.35. The molecule has 0 radical (unpaired) electrons. The van der Waals surface area contributed by atoms with E-state index in [-0.39, 0.29) is 19.4 Å². The molecule has 9 nitrogen and oxygen atoms in total. The molecule has 0 aliphatic heterocycles. The maximum Gasteiger partial charge on any atom is 0.408 e. The van der Waals surface area contributed by atoms with Crippen LogP contribution in [0.2, 0.25) is 0 Å². The molecule has 0 aromatic heterocycles. The van der Waals surface area contributed by atoms with Gasteiger partial charge in [0, 0.05) is 19.4 Å². The van der Waals surface area contributed by atoms with Crippen LogP contribution in [0.5, 0.6) is 0 Å². The van der Waals surface area contributed by atoms with Gasteiger partial charge in [0.25, 0.3) is 0 Å². The zero-order valence-corrected chi connectivity index (χ0v) is 31.9. The lowest BCUT2D eigenvalue weighted by atomic mass is 9.97. The molecule has 0 fully saturated rings. The first kappa shape index (κ1) is 41.5. The number of rotatable bonds is 17. The number of hydrogen-bond donors (Lipinski definition) is 2. The topological polar surface area (TPSA) is 114 Å².